The van der Waals surface area contributed by atoms with E-state index in [1.165, 1.54) is 0 Å². The average molecular weight is 328 g/mol. The second kappa shape index (κ2) is 20.3. The van der Waals surface area contributed by atoms with Gasteiger partial charge < -0.3 is 0 Å². The van der Waals surface area contributed by atoms with Crippen molar-refractivity contribution in [2.75, 3.05) is 0 Å². The third-order valence-electron chi connectivity index (χ3n) is 1.57. The lowest BCUT2D eigenvalue weighted by Gasteiger charge is -1.57. The molecule has 0 amide bonds. The Morgan fingerprint density at radius 3 is 0.667 bits per heavy atom. The van der Waals surface area contributed by atoms with Crippen LogP contribution in [0.15, 0.2) is 0 Å². The van der Waals surface area contributed by atoms with Crippen LogP contribution in [0.25, 0.3) is 0 Å². The predicted octanol–water partition coefficient (Wildman–Crippen LogP) is 0.680. The average Bonchev–Trinajstić information content (AvgIpc) is 2.68. The van der Waals surface area contributed by atoms with Gasteiger partial charge in [-0.1, -0.05) is 5.92 Å². The summed E-state index contributed by atoms with van der Waals surface area (Å²) in [6, 6.07) is 0. The monoisotopic (exact) mass is 328 g/mol. The highest BCUT2D eigenvalue weighted by Gasteiger charge is 1.59. The molecule has 0 aliphatic heterocycles. The summed E-state index contributed by atoms with van der Waals surface area (Å²) in [6.45, 7) is 1.69. The Morgan fingerprint density at radius 2 is 0.481 bits per heavy atom. The summed E-state index contributed by atoms with van der Waals surface area (Å²) in [5.74, 6) is 61.9. The molecule has 0 N–H and O–H groups in total. The molecule has 0 radical (unpaired) electrons. The summed E-state index contributed by atoms with van der Waals surface area (Å²) in [7, 11) is 0. The zero-order valence-corrected chi connectivity index (χ0v) is 14.1. The van der Waals surface area contributed by atoms with Gasteiger partial charge in [0.2, 0.25) is 0 Å². The Hall–Kier alpha value is -5.72. The van der Waals surface area contributed by atoms with Gasteiger partial charge in [-0.05, 0) is 102 Å². The Labute approximate surface area is 161 Å². The summed E-state index contributed by atoms with van der Waals surface area (Å²) >= 11 is 0. The van der Waals surface area contributed by atoms with Crippen LogP contribution in [0, 0.1) is 154 Å². The Balaban J connectivity index is 4.43. The first-order valence-electron chi connectivity index (χ1n) is 6.79. The fraction of sp³-hybridized carbons (Fsp3) is 0.0370. The Morgan fingerprint density at radius 1 is 0.296 bits per heavy atom. The molecule has 0 bridgehead atoms. The summed E-state index contributed by atoms with van der Waals surface area (Å²) in [6.07, 6.45) is 4.91. The van der Waals surface area contributed by atoms with Crippen LogP contribution in [0.5, 0.6) is 0 Å². The molecule has 0 aromatic heterocycles. The van der Waals surface area contributed by atoms with Crippen molar-refractivity contribution in [3.05, 3.63) is 0 Å². The molecule has 0 spiro atoms. The lowest BCUT2D eigenvalue weighted by molar-refractivity contribution is 1.92. The first kappa shape index (κ1) is 21.3. The van der Waals surface area contributed by atoms with E-state index >= 15 is 0 Å². The molecule has 0 rings (SSSR count). The zero-order valence-electron chi connectivity index (χ0n) is 14.1. The van der Waals surface area contributed by atoms with Crippen LogP contribution in [0.1, 0.15) is 6.92 Å². The van der Waals surface area contributed by atoms with E-state index in [1.807, 2.05) is 0 Å². The largest absolute Gasteiger partial charge is 0.106 e. The van der Waals surface area contributed by atoms with Crippen molar-refractivity contribution in [2.45, 2.75) is 6.92 Å². The summed E-state index contributed by atoms with van der Waals surface area (Å²) < 4.78 is 0. The highest BCUT2D eigenvalue weighted by molar-refractivity contribution is 5.48. The summed E-state index contributed by atoms with van der Waals surface area (Å²) in [5.41, 5.74) is 0. The molecule has 0 aliphatic rings. The van der Waals surface area contributed by atoms with Gasteiger partial charge in [0, 0.05) is 47.4 Å². The molecule has 0 aliphatic carbocycles. The molecule has 0 saturated carbocycles. The SMILES string of the molecule is C#CC#CC#CC#CC#CC#CC#CC#CC#CC#CC#CC#CC#CC. The first-order valence-corrected chi connectivity index (χ1v) is 6.79. The second-order valence-corrected chi connectivity index (χ2v) is 3.27. The van der Waals surface area contributed by atoms with Crippen LogP contribution in [0.3, 0.4) is 0 Å². The van der Waals surface area contributed by atoms with Crippen molar-refractivity contribution in [3.63, 3.8) is 0 Å². The molecule has 0 unspecified atom stereocenters. The highest BCUT2D eigenvalue weighted by Crippen LogP contribution is 1.59. The molecule has 0 aromatic rings. The fourth-order valence-corrected chi connectivity index (χ4v) is 0.755. The van der Waals surface area contributed by atoms with Gasteiger partial charge in [0.25, 0.3) is 0 Å². The van der Waals surface area contributed by atoms with Crippen molar-refractivity contribution in [1.29, 1.82) is 0 Å². The second-order valence-electron chi connectivity index (χ2n) is 3.27. The van der Waals surface area contributed by atoms with E-state index in [0.717, 1.165) is 0 Å². The molecule has 0 nitrogen and oxygen atoms in total. The first-order chi connectivity index (χ1) is 13.4. The molecule has 0 atom stereocenters. The normalized spacial score (nSPS) is 3.85. The molecule has 0 aromatic carbocycles. The van der Waals surface area contributed by atoms with Gasteiger partial charge in [0.05, 0.1) is 0 Å². The smallest absolute Gasteiger partial charge is 0 e. The molecular formula is C27H4. The molecule has 0 heteroatoms. The standard InChI is InChI=1S/C27H4/c1-3-5-7-9-11-13-15-17-19-21-23-25-27-26-24-22-20-18-16-14-12-10-8-6-4-2/h1H,2H3. The van der Waals surface area contributed by atoms with Crippen LogP contribution >= 0.6 is 0 Å². The van der Waals surface area contributed by atoms with Crippen molar-refractivity contribution < 1.29 is 0 Å². The van der Waals surface area contributed by atoms with Crippen molar-refractivity contribution in [2.24, 2.45) is 0 Å². The van der Waals surface area contributed by atoms with Gasteiger partial charge in [-0.25, -0.2) is 0 Å². The van der Waals surface area contributed by atoms with Crippen LogP contribution < -0.4 is 0 Å². The molecule has 0 saturated heterocycles. The Bertz CT molecular complexity index is 1380. The van der Waals surface area contributed by atoms with Gasteiger partial charge in [0.1, 0.15) is 0 Å². The maximum Gasteiger partial charge on any atom is 0 e. The van der Waals surface area contributed by atoms with E-state index < -0.39 is 0 Å². The van der Waals surface area contributed by atoms with E-state index in [9.17, 15) is 0 Å². The van der Waals surface area contributed by atoms with Gasteiger partial charge >= 0.3 is 0 Å². The zero-order chi connectivity index (χ0) is 19.7. The van der Waals surface area contributed by atoms with Crippen molar-refractivity contribution in [3.8, 4) is 154 Å². The summed E-state index contributed by atoms with van der Waals surface area (Å²) in [4.78, 5) is 0. The molecular weight excluding hydrogens is 324 g/mol. The van der Waals surface area contributed by atoms with Gasteiger partial charge in [-0.3, -0.25) is 0 Å². The minimum Gasteiger partial charge on any atom is -0.106 e. The fourth-order valence-electron chi connectivity index (χ4n) is 0.755. The van der Waals surface area contributed by atoms with E-state index in [-0.39, 0.29) is 0 Å². The van der Waals surface area contributed by atoms with E-state index in [2.05, 4.69) is 148 Å². The number of hydrogen-bond acceptors (Lipinski definition) is 0. The van der Waals surface area contributed by atoms with Gasteiger partial charge in [-0.2, -0.15) is 0 Å². The van der Waals surface area contributed by atoms with Gasteiger partial charge in [-0.15, -0.1) is 6.42 Å². The van der Waals surface area contributed by atoms with Crippen LogP contribution in [-0.4, -0.2) is 0 Å². The quantitative estimate of drug-likeness (QED) is 0.574. The summed E-state index contributed by atoms with van der Waals surface area (Å²) in [5, 5.41) is 0. The third kappa shape index (κ3) is 20.3. The molecule has 112 valence electrons. The topological polar surface area (TPSA) is 0 Å². The van der Waals surface area contributed by atoms with Crippen LogP contribution in [0.2, 0.25) is 0 Å². The Kier molecular flexibility index (Phi) is 16.0. The predicted molar refractivity (Wildman–Crippen MR) is 108 cm³/mol. The van der Waals surface area contributed by atoms with Crippen LogP contribution in [-0.2, 0) is 0 Å². The molecule has 0 fully saturated rings. The highest BCUT2D eigenvalue weighted by atomic mass is 13.6. The van der Waals surface area contributed by atoms with Crippen LogP contribution in [0.4, 0.5) is 0 Å². The van der Waals surface area contributed by atoms with Gasteiger partial charge in [0.15, 0.2) is 0 Å². The minimum atomic E-state index is 1.69. The van der Waals surface area contributed by atoms with Crippen molar-refractivity contribution >= 4 is 0 Å². The van der Waals surface area contributed by atoms with E-state index in [1.54, 1.807) is 6.92 Å². The van der Waals surface area contributed by atoms with E-state index in [0.29, 0.717) is 0 Å². The molecule has 0 heterocycles. The van der Waals surface area contributed by atoms with E-state index in [4.69, 9.17) is 6.42 Å². The maximum atomic E-state index is 4.91. The van der Waals surface area contributed by atoms with Crippen molar-refractivity contribution in [1.82, 2.24) is 0 Å². The maximum absolute atomic E-state index is 4.91. The number of rotatable bonds is 0. The number of hydrogen-bond donors (Lipinski definition) is 0. The molecule has 27 heavy (non-hydrogen) atoms. The minimum absolute atomic E-state index is 1.69. The lowest BCUT2D eigenvalue weighted by Crippen LogP contribution is -1.57. The lowest BCUT2D eigenvalue weighted by atomic mass is 10.4. The third-order valence-corrected chi connectivity index (χ3v) is 1.57. The number of terminal acetylenes is 1.